The summed E-state index contributed by atoms with van der Waals surface area (Å²) in [4.78, 5) is 16.9. The Hall–Kier alpha value is -2.51. The van der Waals surface area contributed by atoms with E-state index in [0.717, 1.165) is 57.1 Å². The molecule has 2 aliphatic rings. The van der Waals surface area contributed by atoms with E-state index in [4.69, 9.17) is 0 Å². The lowest BCUT2D eigenvalue weighted by Gasteiger charge is -2.34. The number of nitrogens with zero attached hydrogens (tertiary/aromatic N) is 2. The molecule has 0 saturated carbocycles. The van der Waals surface area contributed by atoms with Crippen LogP contribution in [0, 0.1) is 17.6 Å². The molecule has 2 aromatic carbocycles. The molecule has 4 rings (SSSR count). The Bertz CT molecular complexity index is 914. The molecule has 2 aliphatic heterocycles. The van der Waals surface area contributed by atoms with E-state index in [2.05, 4.69) is 10.2 Å². The standard InChI is InChI=1S/C25H31F2N3O2/c26-23-5-1-4-20(24(23)27)15-28-21-10-13-29(14-11-21)22-8-6-19(7-9-22)25(32)30-12-2-3-18(16-30)17-31/h1,4-9,18,21,28,31H,2-3,10-17H2/t18-/m1/s1. The second-order valence-electron chi connectivity index (χ2n) is 8.84. The number of hydrogen-bond acceptors (Lipinski definition) is 4. The molecule has 1 amide bonds. The molecule has 0 aliphatic carbocycles. The van der Waals surface area contributed by atoms with Crippen LogP contribution in [0.1, 0.15) is 41.6 Å². The Morgan fingerprint density at radius 3 is 2.50 bits per heavy atom. The van der Waals surface area contributed by atoms with Crippen LogP contribution < -0.4 is 10.2 Å². The first-order chi connectivity index (χ1) is 15.5. The summed E-state index contributed by atoms with van der Waals surface area (Å²) >= 11 is 0. The lowest BCUT2D eigenvalue weighted by Crippen LogP contribution is -2.42. The van der Waals surface area contributed by atoms with Gasteiger partial charge in [0.05, 0.1) is 0 Å². The summed E-state index contributed by atoms with van der Waals surface area (Å²) in [7, 11) is 0. The Labute approximate surface area is 188 Å². The molecule has 2 fully saturated rings. The zero-order valence-corrected chi connectivity index (χ0v) is 18.3. The van der Waals surface area contributed by atoms with Gasteiger partial charge in [-0.2, -0.15) is 0 Å². The van der Waals surface area contributed by atoms with Crippen molar-refractivity contribution in [2.24, 2.45) is 5.92 Å². The first-order valence-electron chi connectivity index (χ1n) is 11.5. The quantitative estimate of drug-likeness (QED) is 0.717. The van der Waals surface area contributed by atoms with Crippen molar-refractivity contribution in [2.75, 3.05) is 37.7 Å². The second kappa shape index (κ2) is 10.4. The van der Waals surface area contributed by atoms with Crippen molar-refractivity contribution >= 4 is 11.6 Å². The number of amides is 1. The zero-order valence-electron chi connectivity index (χ0n) is 18.3. The predicted octanol–water partition coefficient (Wildman–Crippen LogP) is 3.57. The fourth-order valence-electron chi connectivity index (χ4n) is 4.68. The van der Waals surface area contributed by atoms with Gasteiger partial charge in [0, 0.05) is 62.2 Å². The highest BCUT2D eigenvalue weighted by molar-refractivity contribution is 5.94. The maximum absolute atomic E-state index is 13.8. The number of aliphatic hydroxyl groups excluding tert-OH is 1. The van der Waals surface area contributed by atoms with Crippen LogP contribution in [0.5, 0.6) is 0 Å². The molecule has 2 saturated heterocycles. The van der Waals surface area contributed by atoms with Gasteiger partial charge >= 0.3 is 0 Å². The normalized spacial score (nSPS) is 19.9. The largest absolute Gasteiger partial charge is 0.396 e. The number of rotatable bonds is 6. The Morgan fingerprint density at radius 2 is 1.78 bits per heavy atom. The number of likely N-dealkylation sites (tertiary alicyclic amines) is 1. The summed E-state index contributed by atoms with van der Waals surface area (Å²) in [5.41, 5.74) is 2.12. The fourth-order valence-corrected chi connectivity index (χ4v) is 4.68. The van der Waals surface area contributed by atoms with Gasteiger partial charge in [0.15, 0.2) is 11.6 Å². The smallest absolute Gasteiger partial charge is 0.253 e. The van der Waals surface area contributed by atoms with E-state index in [1.807, 2.05) is 29.2 Å². The molecule has 5 nitrogen and oxygen atoms in total. The van der Waals surface area contributed by atoms with Crippen LogP contribution in [-0.4, -0.2) is 54.7 Å². The van der Waals surface area contributed by atoms with E-state index in [0.29, 0.717) is 24.2 Å². The minimum absolute atomic E-state index is 0.0298. The molecule has 0 unspecified atom stereocenters. The average molecular weight is 444 g/mol. The topological polar surface area (TPSA) is 55.8 Å². The number of carbonyl (C=O) groups is 1. The van der Waals surface area contributed by atoms with E-state index in [-0.39, 0.29) is 24.5 Å². The highest BCUT2D eigenvalue weighted by Gasteiger charge is 2.24. The van der Waals surface area contributed by atoms with Crippen LogP contribution in [0.4, 0.5) is 14.5 Å². The van der Waals surface area contributed by atoms with Crippen LogP contribution in [0.2, 0.25) is 0 Å². The molecule has 2 N–H and O–H groups in total. The monoisotopic (exact) mass is 443 g/mol. The van der Waals surface area contributed by atoms with Crippen molar-refractivity contribution in [2.45, 2.75) is 38.3 Å². The number of hydrogen-bond donors (Lipinski definition) is 2. The zero-order chi connectivity index (χ0) is 22.5. The first kappa shape index (κ1) is 22.7. The van der Waals surface area contributed by atoms with Crippen molar-refractivity contribution in [1.29, 1.82) is 0 Å². The summed E-state index contributed by atoms with van der Waals surface area (Å²) in [5, 5.41) is 12.7. The summed E-state index contributed by atoms with van der Waals surface area (Å²) in [6.45, 7) is 3.54. The number of benzene rings is 2. The van der Waals surface area contributed by atoms with E-state index in [9.17, 15) is 18.7 Å². The molecule has 2 heterocycles. The Kier molecular flexibility index (Phi) is 7.37. The van der Waals surface area contributed by atoms with Gasteiger partial charge in [-0.05, 0) is 61.9 Å². The maximum atomic E-state index is 13.8. The lowest BCUT2D eigenvalue weighted by molar-refractivity contribution is 0.0620. The highest BCUT2D eigenvalue weighted by Crippen LogP contribution is 2.23. The molecule has 1 atom stereocenters. The highest BCUT2D eigenvalue weighted by atomic mass is 19.2. The number of carbonyl (C=O) groups excluding carboxylic acids is 1. The van der Waals surface area contributed by atoms with E-state index >= 15 is 0 Å². The summed E-state index contributed by atoms with van der Waals surface area (Å²) < 4.78 is 27.2. The minimum Gasteiger partial charge on any atom is -0.396 e. The van der Waals surface area contributed by atoms with Crippen molar-refractivity contribution in [1.82, 2.24) is 10.2 Å². The number of halogens is 2. The third-order valence-corrected chi connectivity index (χ3v) is 6.65. The van der Waals surface area contributed by atoms with Gasteiger partial charge in [0.2, 0.25) is 0 Å². The predicted molar refractivity (Wildman–Crippen MR) is 121 cm³/mol. The molecule has 0 aromatic heterocycles. The van der Waals surface area contributed by atoms with Crippen LogP contribution in [0.25, 0.3) is 0 Å². The molecule has 0 spiro atoms. The van der Waals surface area contributed by atoms with Crippen LogP contribution >= 0.6 is 0 Å². The molecule has 32 heavy (non-hydrogen) atoms. The Balaban J connectivity index is 1.27. The van der Waals surface area contributed by atoms with E-state index in [1.165, 1.54) is 6.07 Å². The average Bonchev–Trinajstić information content (AvgIpc) is 2.85. The number of anilines is 1. The van der Waals surface area contributed by atoms with Gasteiger partial charge < -0.3 is 20.2 Å². The molecule has 172 valence electrons. The van der Waals surface area contributed by atoms with Crippen molar-refractivity contribution < 1.29 is 18.7 Å². The van der Waals surface area contributed by atoms with Crippen LogP contribution in [0.15, 0.2) is 42.5 Å². The summed E-state index contributed by atoms with van der Waals surface area (Å²) in [5.74, 6) is -1.38. The summed E-state index contributed by atoms with van der Waals surface area (Å²) in [6.07, 6.45) is 3.73. The third-order valence-electron chi connectivity index (χ3n) is 6.65. The van der Waals surface area contributed by atoms with Crippen molar-refractivity contribution in [3.05, 3.63) is 65.2 Å². The minimum atomic E-state index is -0.811. The van der Waals surface area contributed by atoms with Crippen molar-refractivity contribution in [3.63, 3.8) is 0 Å². The van der Waals surface area contributed by atoms with Gasteiger partial charge in [-0.1, -0.05) is 12.1 Å². The lowest BCUT2D eigenvalue weighted by atomic mass is 9.98. The van der Waals surface area contributed by atoms with Crippen molar-refractivity contribution in [3.8, 4) is 0 Å². The Morgan fingerprint density at radius 1 is 1.03 bits per heavy atom. The number of piperidine rings is 2. The van der Waals surface area contributed by atoms with Crippen LogP contribution in [0.3, 0.4) is 0 Å². The molecular formula is C25H31F2N3O2. The third kappa shape index (κ3) is 5.27. The van der Waals surface area contributed by atoms with Gasteiger partial charge in [-0.15, -0.1) is 0 Å². The molecular weight excluding hydrogens is 412 g/mol. The molecule has 0 radical (unpaired) electrons. The van der Waals surface area contributed by atoms with Gasteiger partial charge in [-0.25, -0.2) is 8.78 Å². The first-order valence-corrected chi connectivity index (χ1v) is 11.5. The van der Waals surface area contributed by atoms with Gasteiger partial charge in [0.25, 0.3) is 5.91 Å². The van der Waals surface area contributed by atoms with E-state index < -0.39 is 11.6 Å². The second-order valence-corrected chi connectivity index (χ2v) is 8.84. The van der Waals surface area contributed by atoms with Gasteiger partial charge in [0.1, 0.15) is 0 Å². The molecule has 7 heteroatoms. The summed E-state index contributed by atoms with van der Waals surface area (Å²) in [6, 6.07) is 12.3. The molecule has 2 aromatic rings. The number of aliphatic hydroxyl groups is 1. The molecule has 0 bridgehead atoms. The maximum Gasteiger partial charge on any atom is 0.253 e. The SMILES string of the molecule is O=C(c1ccc(N2CCC(NCc3cccc(F)c3F)CC2)cc1)N1CCC[C@@H](CO)C1. The van der Waals surface area contributed by atoms with Gasteiger partial charge in [-0.3, -0.25) is 4.79 Å². The van der Waals surface area contributed by atoms with E-state index in [1.54, 1.807) is 6.07 Å². The van der Waals surface area contributed by atoms with Crippen LogP contribution in [-0.2, 0) is 6.54 Å². The fraction of sp³-hybridized carbons (Fsp3) is 0.480. The number of nitrogens with one attached hydrogen (secondary N) is 1.